The molecule has 0 saturated carbocycles. The summed E-state index contributed by atoms with van der Waals surface area (Å²) < 4.78 is 5.37. The Morgan fingerprint density at radius 3 is 2.56 bits per heavy atom. The largest absolute Gasteiger partial charge is 0.480 e. The lowest BCUT2D eigenvalue weighted by molar-refractivity contribution is -0.143. The van der Waals surface area contributed by atoms with Gasteiger partial charge in [0.2, 0.25) is 11.9 Å². The fourth-order valence-corrected chi connectivity index (χ4v) is 1.87. The minimum absolute atomic E-state index is 0.128. The zero-order chi connectivity index (χ0) is 18.1. The van der Waals surface area contributed by atoms with Crippen molar-refractivity contribution in [3.8, 4) is 0 Å². The number of hydrogen-bond donors (Lipinski definition) is 3. The molecule has 25 heavy (non-hydrogen) atoms. The molecule has 1 amide bonds. The van der Waals surface area contributed by atoms with Gasteiger partial charge >= 0.3 is 5.97 Å². The number of nitrogen functional groups attached to an aromatic ring is 1. The third-order valence-electron chi connectivity index (χ3n) is 3.13. The van der Waals surface area contributed by atoms with Crippen molar-refractivity contribution in [2.75, 3.05) is 12.3 Å². The van der Waals surface area contributed by atoms with Gasteiger partial charge in [-0.25, -0.2) is 14.8 Å². The maximum absolute atomic E-state index is 11.8. The van der Waals surface area contributed by atoms with Gasteiger partial charge in [0.25, 0.3) is 0 Å². The maximum atomic E-state index is 11.8. The monoisotopic (exact) mass is 342 g/mol. The van der Waals surface area contributed by atoms with Gasteiger partial charge in [0.05, 0.1) is 13.2 Å². The lowest BCUT2D eigenvalue weighted by Crippen LogP contribution is -2.43. The first kappa shape index (κ1) is 18.1. The topological polar surface area (TPSA) is 127 Å². The van der Waals surface area contributed by atoms with Crippen LogP contribution in [0.2, 0.25) is 0 Å². The Balaban J connectivity index is 1.84. The number of nitrogens with two attached hydrogens (primary N) is 1. The van der Waals surface area contributed by atoms with Gasteiger partial charge in [-0.15, -0.1) is 0 Å². The molecule has 1 aromatic carbocycles. The molecule has 0 aliphatic carbocycles. The first-order valence-electron chi connectivity index (χ1n) is 7.45. The van der Waals surface area contributed by atoms with Gasteiger partial charge in [-0.3, -0.25) is 4.79 Å². The number of rotatable bonds is 8. The molecule has 0 aliphatic heterocycles. The normalized spacial score (nSPS) is 12.0. The van der Waals surface area contributed by atoms with Gasteiger partial charge in [0.1, 0.15) is 0 Å². The van der Waals surface area contributed by atoms with Crippen LogP contribution in [0.15, 0.2) is 48.8 Å². The van der Waals surface area contributed by atoms with E-state index in [1.165, 1.54) is 24.5 Å². The maximum Gasteiger partial charge on any atom is 0.328 e. The summed E-state index contributed by atoms with van der Waals surface area (Å²) in [7, 11) is 0. The van der Waals surface area contributed by atoms with E-state index in [0.717, 1.165) is 5.56 Å². The smallest absolute Gasteiger partial charge is 0.328 e. The number of carbonyl (C=O) groups excluding carboxylic acids is 1. The number of carboxylic acids is 1. The number of hydrogen-bond acceptors (Lipinski definition) is 6. The van der Waals surface area contributed by atoms with Gasteiger partial charge in [-0.05, 0) is 11.6 Å². The average molecular weight is 342 g/mol. The van der Waals surface area contributed by atoms with Crippen LogP contribution in [-0.4, -0.2) is 39.6 Å². The quantitative estimate of drug-likeness (QED) is 0.607. The zero-order valence-electron chi connectivity index (χ0n) is 13.3. The van der Waals surface area contributed by atoms with E-state index in [1.807, 2.05) is 30.3 Å². The Bertz CT molecular complexity index is 732. The summed E-state index contributed by atoms with van der Waals surface area (Å²) in [6.45, 7) is 0.119. The van der Waals surface area contributed by atoms with Crippen molar-refractivity contribution in [2.24, 2.45) is 0 Å². The van der Waals surface area contributed by atoms with E-state index in [0.29, 0.717) is 5.56 Å². The van der Waals surface area contributed by atoms with E-state index in [4.69, 9.17) is 10.5 Å². The molecule has 0 radical (unpaired) electrons. The molecule has 4 N–H and O–H groups in total. The van der Waals surface area contributed by atoms with Crippen molar-refractivity contribution >= 4 is 23.9 Å². The zero-order valence-corrected chi connectivity index (χ0v) is 13.3. The summed E-state index contributed by atoms with van der Waals surface area (Å²) in [6.07, 6.45) is 5.55. The van der Waals surface area contributed by atoms with Crippen LogP contribution >= 0.6 is 0 Å². The second-order valence-corrected chi connectivity index (χ2v) is 5.11. The molecular weight excluding hydrogens is 324 g/mol. The molecule has 1 atom stereocenters. The van der Waals surface area contributed by atoms with E-state index in [2.05, 4.69) is 15.3 Å². The predicted octanol–water partition coefficient (Wildman–Crippen LogP) is 0.858. The SMILES string of the molecule is Nc1ncc(/C=C/C(=O)N[C@@H](COCc2ccccc2)C(=O)O)cn1. The number of ether oxygens (including phenoxy) is 1. The highest BCUT2D eigenvalue weighted by molar-refractivity contribution is 5.94. The lowest BCUT2D eigenvalue weighted by atomic mass is 10.2. The van der Waals surface area contributed by atoms with Crippen molar-refractivity contribution in [2.45, 2.75) is 12.6 Å². The molecule has 0 fully saturated rings. The fraction of sp³-hybridized carbons (Fsp3) is 0.176. The van der Waals surface area contributed by atoms with Crippen LogP contribution in [0.3, 0.4) is 0 Å². The molecule has 1 heterocycles. The summed E-state index contributed by atoms with van der Waals surface area (Å²) in [5.41, 5.74) is 6.85. The number of aliphatic carboxylic acids is 1. The number of nitrogens with one attached hydrogen (secondary N) is 1. The Hall–Kier alpha value is -3.26. The minimum Gasteiger partial charge on any atom is -0.480 e. The number of amides is 1. The van der Waals surface area contributed by atoms with E-state index >= 15 is 0 Å². The second kappa shape index (κ2) is 9.14. The van der Waals surface area contributed by atoms with Gasteiger partial charge in [0, 0.05) is 24.0 Å². The molecule has 0 aliphatic rings. The van der Waals surface area contributed by atoms with Crippen LogP contribution in [-0.2, 0) is 20.9 Å². The van der Waals surface area contributed by atoms with Crippen LogP contribution < -0.4 is 11.1 Å². The summed E-state index contributed by atoms with van der Waals surface area (Å²) >= 11 is 0. The summed E-state index contributed by atoms with van der Waals surface area (Å²) in [5.74, 6) is -1.61. The van der Waals surface area contributed by atoms with Gasteiger partial charge in [0.15, 0.2) is 6.04 Å². The third-order valence-corrected chi connectivity index (χ3v) is 3.13. The molecule has 8 heteroatoms. The molecule has 0 unspecified atom stereocenters. The molecule has 8 nitrogen and oxygen atoms in total. The Labute approximate surface area is 144 Å². The van der Waals surface area contributed by atoms with Gasteiger partial charge in [-0.2, -0.15) is 0 Å². The molecule has 0 bridgehead atoms. The number of aromatic nitrogens is 2. The van der Waals surface area contributed by atoms with Crippen molar-refractivity contribution < 1.29 is 19.4 Å². The highest BCUT2D eigenvalue weighted by Crippen LogP contribution is 2.02. The fourth-order valence-electron chi connectivity index (χ4n) is 1.87. The second-order valence-electron chi connectivity index (χ2n) is 5.11. The van der Waals surface area contributed by atoms with Crippen LogP contribution in [0.4, 0.5) is 5.95 Å². The molecular formula is C17H18N4O4. The van der Waals surface area contributed by atoms with Crippen molar-refractivity contribution in [3.63, 3.8) is 0 Å². The van der Waals surface area contributed by atoms with Crippen molar-refractivity contribution in [1.29, 1.82) is 0 Å². The Morgan fingerprint density at radius 2 is 1.92 bits per heavy atom. The minimum atomic E-state index is -1.18. The van der Waals surface area contributed by atoms with Gasteiger partial charge in [-0.1, -0.05) is 30.3 Å². The summed E-state index contributed by atoms with van der Waals surface area (Å²) in [6, 6.07) is 8.19. The average Bonchev–Trinajstić information content (AvgIpc) is 2.61. The van der Waals surface area contributed by atoms with Crippen LogP contribution in [0.25, 0.3) is 6.08 Å². The predicted molar refractivity (Wildman–Crippen MR) is 91.1 cm³/mol. The van der Waals surface area contributed by atoms with Crippen molar-refractivity contribution in [1.82, 2.24) is 15.3 Å². The summed E-state index contributed by atoms with van der Waals surface area (Å²) in [4.78, 5) is 30.7. The number of carbonyl (C=O) groups is 2. The van der Waals surface area contributed by atoms with Gasteiger partial charge < -0.3 is 20.9 Å². The van der Waals surface area contributed by atoms with Crippen LogP contribution in [0.5, 0.6) is 0 Å². The molecule has 1 aromatic heterocycles. The molecule has 130 valence electrons. The van der Waals surface area contributed by atoms with E-state index in [9.17, 15) is 14.7 Å². The van der Waals surface area contributed by atoms with E-state index < -0.39 is 17.9 Å². The number of carboxylic acid groups (broad SMARTS) is 1. The third kappa shape index (κ3) is 6.40. The number of benzene rings is 1. The Kier molecular flexibility index (Phi) is 6.61. The molecule has 0 spiro atoms. The van der Waals surface area contributed by atoms with Crippen molar-refractivity contribution in [3.05, 3.63) is 59.9 Å². The molecule has 0 saturated heterocycles. The molecule has 2 rings (SSSR count). The first-order chi connectivity index (χ1) is 12.0. The van der Waals surface area contributed by atoms with E-state index in [1.54, 1.807) is 0 Å². The van der Waals surface area contributed by atoms with Crippen LogP contribution in [0, 0.1) is 0 Å². The first-order valence-corrected chi connectivity index (χ1v) is 7.45. The highest BCUT2D eigenvalue weighted by atomic mass is 16.5. The summed E-state index contributed by atoms with van der Waals surface area (Å²) in [5, 5.41) is 11.6. The number of nitrogens with zero attached hydrogens (tertiary/aromatic N) is 2. The molecule has 2 aromatic rings. The number of anilines is 1. The van der Waals surface area contributed by atoms with E-state index in [-0.39, 0.29) is 19.2 Å². The lowest BCUT2D eigenvalue weighted by Gasteiger charge is -2.13. The standard InChI is InChI=1S/C17H18N4O4/c18-17-19-8-13(9-20-17)6-7-15(22)21-14(16(23)24)11-25-10-12-4-2-1-3-5-12/h1-9,14H,10-11H2,(H,21,22)(H,23,24)(H2,18,19,20)/b7-6+/t14-/m0/s1. The highest BCUT2D eigenvalue weighted by Gasteiger charge is 2.19. The van der Waals surface area contributed by atoms with Crippen LogP contribution in [0.1, 0.15) is 11.1 Å². The Morgan fingerprint density at radius 1 is 1.24 bits per heavy atom.